The summed E-state index contributed by atoms with van der Waals surface area (Å²) in [5.74, 6) is 0. The number of benzene rings is 1. The van der Waals surface area contributed by atoms with Gasteiger partial charge in [-0.25, -0.2) is 0 Å². The molecule has 20 heavy (non-hydrogen) atoms. The highest BCUT2D eigenvalue weighted by atomic mass is 16.5. The van der Waals surface area contributed by atoms with Gasteiger partial charge in [0.2, 0.25) is 0 Å². The van der Waals surface area contributed by atoms with Gasteiger partial charge in [-0.05, 0) is 61.8 Å². The van der Waals surface area contributed by atoms with E-state index in [0.29, 0.717) is 6.61 Å². The van der Waals surface area contributed by atoms with E-state index in [0.717, 1.165) is 6.42 Å². The van der Waals surface area contributed by atoms with E-state index in [-0.39, 0.29) is 17.6 Å². The molecule has 0 aliphatic rings. The first-order valence-corrected chi connectivity index (χ1v) is 7.59. The summed E-state index contributed by atoms with van der Waals surface area (Å²) in [5.41, 5.74) is 11.8. The molecule has 0 saturated heterocycles. The summed E-state index contributed by atoms with van der Waals surface area (Å²) in [5, 5.41) is 0. The minimum atomic E-state index is 0.0651. The maximum Gasteiger partial charge on any atom is 0.0624 e. The highest BCUT2D eigenvalue weighted by Gasteiger charge is 2.17. The molecule has 114 valence electrons. The fourth-order valence-electron chi connectivity index (χ4n) is 2.39. The first-order chi connectivity index (χ1) is 9.11. The molecule has 1 rings (SSSR count). The van der Waals surface area contributed by atoms with Crippen molar-refractivity contribution < 1.29 is 4.74 Å². The lowest BCUT2D eigenvalue weighted by molar-refractivity contribution is 0.0683. The number of rotatable bonds is 5. The molecule has 1 aromatic rings. The van der Waals surface area contributed by atoms with Crippen LogP contribution in [-0.2, 0) is 16.6 Å². The second-order valence-corrected chi connectivity index (χ2v) is 7.18. The molecule has 0 aliphatic heterocycles. The van der Waals surface area contributed by atoms with Crippen LogP contribution in [0.5, 0.6) is 0 Å². The summed E-state index contributed by atoms with van der Waals surface area (Å²) in [6, 6.07) is 4.67. The first-order valence-electron chi connectivity index (χ1n) is 7.59. The molecule has 0 spiro atoms. The minimum Gasteiger partial charge on any atom is -0.377 e. The molecule has 0 aliphatic carbocycles. The maximum atomic E-state index is 6.19. The fourth-order valence-corrected chi connectivity index (χ4v) is 2.39. The second kappa shape index (κ2) is 6.73. The van der Waals surface area contributed by atoms with Gasteiger partial charge in [-0.3, -0.25) is 0 Å². The Morgan fingerprint density at radius 3 is 2.00 bits per heavy atom. The largest absolute Gasteiger partial charge is 0.377 e. The summed E-state index contributed by atoms with van der Waals surface area (Å²) >= 11 is 0. The Bertz CT molecular complexity index is 420. The molecule has 0 fully saturated rings. The quantitative estimate of drug-likeness (QED) is 0.886. The van der Waals surface area contributed by atoms with E-state index in [4.69, 9.17) is 10.5 Å². The van der Waals surface area contributed by atoms with Gasteiger partial charge in [0.05, 0.1) is 12.7 Å². The van der Waals surface area contributed by atoms with Gasteiger partial charge < -0.3 is 10.5 Å². The summed E-state index contributed by atoms with van der Waals surface area (Å²) in [6.07, 6.45) is 1.13. The monoisotopic (exact) mass is 277 g/mol. The van der Waals surface area contributed by atoms with E-state index in [1.54, 1.807) is 0 Å². The molecule has 0 bridgehead atoms. The van der Waals surface area contributed by atoms with E-state index in [1.165, 1.54) is 22.3 Å². The summed E-state index contributed by atoms with van der Waals surface area (Å²) in [7, 11) is 0. The smallest absolute Gasteiger partial charge is 0.0624 e. The van der Waals surface area contributed by atoms with Gasteiger partial charge in [-0.2, -0.15) is 0 Å². The van der Waals surface area contributed by atoms with Crippen molar-refractivity contribution in [3.63, 3.8) is 0 Å². The van der Waals surface area contributed by atoms with Crippen molar-refractivity contribution >= 4 is 0 Å². The van der Waals surface area contributed by atoms with E-state index in [1.807, 2.05) is 13.8 Å². The van der Waals surface area contributed by atoms with Gasteiger partial charge in [0.25, 0.3) is 0 Å². The molecule has 2 N–H and O–H groups in total. The Balaban J connectivity index is 2.86. The lowest BCUT2D eigenvalue weighted by Crippen LogP contribution is -2.30. The van der Waals surface area contributed by atoms with E-state index >= 15 is 0 Å². The molecule has 1 unspecified atom stereocenters. The van der Waals surface area contributed by atoms with Crippen LogP contribution in [0, 0.1) is 13.8 Å². The summed E-state index contributed by atoms with van der Waals surface area (Å²) in [4.78, 5) is 0. The van der Waals surface area contributed by atoms with Gasteiger partial charge in [0.1, 0.15) is 0 Å². The Hall–Kier alpha value is -0.860. The Morgan fingerprint density at radius 1 is 1.10 bits per heavy atom. The van der Waals surface area contributed by atoms with Crippen molar-refractivity contribution in [1.82, 2.24) is 0 Å². The van der Waals surface area contributed by atoms with Crippen LogP contribution >= 0.6 is 0 Å². The number of aryl methyl sites for hydroxylation is 2. The average Bonchev–Trinajstić information content (AvgIpc) is 2.29. The van der Waals surface area contributed by atoms with Gasteiger partial charge in [0, 0.05) is 6.04 Å². The average molecular weight is 277 g/mol. The van der Waals surface area contributed by atoms with E-state index < -0.39 is 0 Å². The molecule has 2 heteroatoms. The molecular formula is C18H31NO. The molecule has 0 radical (unpaired) electrons. The predicted octanol–water partition coefficient (Wildman–Crippen LogP) is 3.90. The standard InChI is InChI=1S/C18H31NO/c1-12(2)20-11-16(19)10-17-13(3)8-15(9-14(17)4)18(5,6)7/h8-9,12,16H,10-11,19H2,1-7H3. The number of nitrogens with two attached hydrogens (primary N) is 1. The van der Waals surface area contributed by atoms with Crippen molar-refractivity contribution in [2.75, 3.05) is 6.61 Å². The van der Waals surface area contributed by atoms with Crippen LogP contribution in [0.3, 0.4) is 0 Å². The van der Waals surface area contributed by atoms with Crippen molar-refractivity contribution in [3.05, 3.63) is 34.4 Å². The molecular weight excluding hydrogens is 246 g/mol. The van der Waals surface area contributed by atoms with E-state index in [2.05, 4.69) is 46.8 Å². The zero-order valence-electron chi connectivity index (χ0n) is 14.2. The van der Waals surface area contributed by atoms with Crippen LogP contribution in [0.1, 0.15) is 56.9 Å². The van der Waals surface area contributed by atoms with Gasteiger partial charge in [-0.1, -0.05) is 32.9 Å². The zero-order chi connectivity index (χ0) is 15.5. The summed E-state index contributed by atoms with van der Waals surface area (Å²) in [6.45, 7) is 15.8. The molecule has 0 amide bonds. The Morgan fingerprint density at radius 2 is 1.60 bits per heavy atom. The third-order valence-electron chi connectivity index (χ3n) is 3.67. The first kappa shape index (κ1) is 17.2. The highest BCUT2D eigenvalue weighted by Crippen LogP contribution is 2.27. The lowest BCUT2D eigenvalue weighted by atomic mass is 9.83. The second-order valence-electron chi connectivity index (χ2n) is 7.18. The van der Waals surface area contributed by atoms with Crippen molar-refractivity contribution in [1.29, 1.82) is 0 Å². The topological polar surface area (TPSA) is 35.2 Å². The molecule has 2 nitrogen and oxygen atoms in total. The summed E-state index contributed by atoms with van der Waals surface area (Å²) < 4.78 is 5.61. The van der Waals surface area contributed by atoms with Crippen LogP contribution < -0.4 is 5.73 Å². The van der Waals surface area contributed by atoms with Gasteiger partial charge >= 0.3 is 0 Å². The lowest BCUT2D eigenvalue weighted by Gasteiger charge is -2.23. The third-order valence-corrected chi connectivity index (χ3v) is 3.67. The molecule has 1 atom stereocenters. The van der Waals surface area contributed by atoms with Crippen molar-refractivity contribution in [2.45, 2.75) is 72.4 Å². The number of hydrogen-bond acceptors (Lipinski definition) is 2. The van der Waals surface area contributed by atoms with Crippen LogP contribution in [-0.4, -0.2) is 18.8 Å². The third kappa shape index (κ3) is 4.92. The highest BCUT2D eigenvalue weighted by molar-refractivity contribution is 5.40. The van der Waals surface area contributed by atoms with Crippen LogP contribution in [0.4, 0.5) is 0 Å². The molecule has 0 aromatic heterocycles. The predicted molar refractivity (Wildman–Crippen MR) is 87.4 cm³/mol. The van der Waals surface area contributed by atoms with E-state index in [9.17, 15) is 0 Å². The fraction of sp³-hybridized carbons (Fsp3) is 0.667. The molecule has 0 saturated carbocycles. The number of ether oxygens (including phenoxy) is 1. The maximum absolute atomic E-state index is 6.19. The Kier molecular flexibility index (Phi) is 5.79. The van der Waals surface area contributed by atoms with Gasteiger partial charge in [0.15, 0.2) is 0 Å². The minimum absolute atomic E-state index is 0.0651. The van der Waals surface area contributed by atoms with Crippen LogP contribution in [0.25, 0.3) is 0 Å². The van der Waals surface area contributed by atoms with Crippen molar-refractivity contribution in [3.8, 4) is 0 Å². The van der Waals surface area contributed by atoms with Crippen LogP contribution in [0.15, 0.2) is 12.1 Å². The molecule has 0 heterocycles. The Labute approximate surface area is 124 Å². The zero-order valence-corrected chi connectivity index (χ0v) is 14.2. The molecule has 1 aromatic carbocycles. The van der Waals surface area contributed by atoms with Crippen LogP contribution in [0.2, 0.25) is 0 Å². The SMILES string of the molecule is Cc1cc(C(C)(C)C)cc(C)c1CC(N)COC(C)C. The normalized spacial score (nSPS) is 13.8. The van der Waals surface area contributed by atoms with Crippen molar-refractivity contribution in [2.24, 2.45) is 5.73 Å². The van der Waals surface area contributed by atoms with Gasteiger partial charge in [-0.15, -0.1) is 0 Å². The number of hydrogen-bond donors (Lipinski definition) is 1.